The van der Waals surface area contributed by atoms with E-state index in [-0.39, 0.29) is 6.54 Å². The van der Waals surface area contributed by atoms with Crippen molar-refractivity contribution in [2.45, 2.75) is 32.9 Å². The van der Waals surface area contributed by atoms with Crippen LogP contribution in [0.15, 0.2) is 6.07 Å². The van der Waals surface area contributed by atoms with Crippen LogP contribution in [0.3, 0.4) is 0 Å². The molecular weight excluding hydrogens is 273 g/mol. The number of aryl methyl sites for hydroxylation is 2. The summed E-state index contributed by atoms with van der Waals surface area (Å²) in [6.07, 6.45) is -3.17. The van der Waals surface area contributed by atoms with E-state index in [1.54, 1.807) is 20.0 Å². The average Bonchev–Trinajstić information content (AvgIpc) is 2.61. The fourth-order valence-corrected chi connectivity index (χ4v) is 1.73. The van der Waals surface area contributed by atoms with Crippen molar-refractivity contribution in [1.29, 1.82) is 0 Å². The van der Waals surface area contributed by atoms with E-state index in [4.69, 9.17) is 0 Å². The van der Waals surface area contributed by atoms with Crippen LogP contribution in [-0.2, 0) is 7.05 Å². The summed E-state index contributed by atoms with van der Waals surface area (Å²) in [5, 5.41) is 6.47. The second-order valence-electron chi connectivity index (χ2n) is 4.62. The SMILES string of the molecule is CCCCN(CC(F)(F)F)C(=O)Nc1cc(C)nn1C. The van der Waals surface area contributed by atoms with E-state index in [1.165, 1.54) is 4.68 Å². The lowest BCUT2D eigenvalue weighted by molar-refractivity contribution is -0.139. The fraction of sp³-hybridized carbons (Fsp3) is 0.667. The van der Waals surface area contributed by atoms with Crippen molar-refractivity contribution in [2.24, 2.45) is 7.05 Å². The summed E-state index contributed by atoms with van der Waals surface area (Å²) >= 11 is 0. The summed E-state index contributed by atoms with van der Waals surface area (Å²) < 4.78 is 38.8. The number of carbonyl (C=O) groups excluding carboxylic acids is 1. The molecule has 0 aliphatic carbocycles. The molecule has 1 heterocycles. The summed E-state index contributed by atoms with van der Waals surface area (Å²) in [5.74, 6) is 0.371. The highest BCUT2D eigenvalue weighted by atomic mass is 19.4. The summed E-state index contributed by atoms with van der Waals surface area (Å²) in [5.41, 5.74) is 0.679. The quantitative estimate of drug-likeness (QED) is 0.907. The number of amides is 2. The molecular formula is C12H19F3N4O. The molecule has 0 unspecified atom stereocenters. The van der Waals surface area contributed by atoms with Crippen LogP contribution in [0, 0.1) is 6.92 Å². The topological polar surface area (TPSA) is 50.2 Å². The van der Waals surface area contributed by atoms with E-state index in [0.717, 1.165) is 4.90 Å². The number of nitrogens with zero attached hydrogens (tertiary/aromatic N) is 3. The maximum atomic E-state index is 12.5. The summed E-state index contributed by atoms with van der Waals surface area (Å²) in [7, 11) is 1.61. The van der Waals surface area contributed by atoms with Crippen LogP contribution in [0.25, 0.3) is 0 Å². The number of hydrogen-bond donors (Lipinski definition) is 1. The Morgan fingerprint density at radius 1 is 1.50 bits per heavy atom. The lowest BCUT2D eigenvalue weighted by atomic mass is 10.3. The number of hydrogen-bond acceptors (Lipinski definition) is 2. The molecule has 0 atom stereocenters. The van der Waals surface area contributed by atoms with Crippen molar-refractivity contribution in [3.8, 4) is 0 Å². The monoisotopic (exact) mass is 292 g/mol. The average molecular weight is 292 g/mol. The summed E-state index contributed by atoms with van der Waals surface area (Å²) in [4.78, 5) is 12.7. The first-order chi connectivity index (χ1) is 9.23. The molecule has 8 heteroatoms. The van der Waals surface area contributed by atoms with Gasteiger partial charge in [-0.3, -0.25) is 10.00 Å². The third kappa shape index (κ3) is 5.10. The van der Waals surface area contributed by atoms with Crippen molar-refractivity contribution in [3.05, 3.63) is 11.8 Å². The zero-order valence-electron chi connectivity index (χ0n) is 11.8. The predicted molar refractivity (Wildman–Crippen MR) is 69.5 cm³/mol. The van der Waals surface area contributed by atoms with Crippen molar-refractivity contribution in [3.63, 3.8) is 0 Å². The minimum atomic E-state index is -4.41. The number of halogens is 3. The van der Waals surface area contributed by atoms with Gasteiger partial charge in [-0.25, -0.2) is 4.79 Å². The number of aromatic nitrogens is 2. The predicted octanol–water partition coefficient (Wildman–Crippen LogP) is 2.92. The van der Waals surface area contributed by atoms with Crippen molar-refractivity contribution in [1.82, 2.24) is 14.7 Å². The zero-order valence-corrected chi connectivity index (χ0v) is 11.8. The molecule has 0 fully saturated rings. The lowest BCUT2D eigenvalue weighted by Crippen LogP contribution is -2.42. The van der Waals surface area contributed by atoms with Crippen LogP contribution in [0.5, 0.6) is 0 Å². The Hall–Kier alpha value is -1.73. The fourth-order valence-electron chi connectivity index (χ4n) is 1.73. The van der Waals surface area contributed by atoms with Crippen molar-refractivity contribution in [2.75, 3.05) is 18.4 Å². The van der Waals surface area contributed by atoms with E-state index in [0.29, 0.717) is 24.4 Å². The number of anilines is 1. The molecule has 1 aromatic rings. The summed E-state index contributed by atoms with van der Waals surface area (Å²) in [6.45, 7) is 2.41. The van der Waals surface area contributed by atoms with Gasteiger partial charge >= 0.3 is 12.2 Å². The van der Waals surface area contributed by atoms with Gasteiger partial charge < -0.3 is 4.90 Å². The van der Waals surface area contributed by atoms with Crippen LogP contribution in [0.1, 0.15) is 25.5 Å². The first-order valence-corrected chi connectivity index (χ1v) is 6.36. The second-order valence-corrected chi connectivity index (χ2v) is 4.62. The molecule has 1 rings (SSSR count). The smallest absolute Gasteiger partial charge is 0.315 e. The minimum Gasteiger partial charge on any atom is -0.315 e. The van der Waals surface area contributed by atoms with Crippen LogP contribution in [0.4, 0.5) is 23.8 Å². The molecule has 5 nitrogen and oxygen atoms in total. The number of alkyl halides is 3. The highest BCUT2D eigenvalue weighted by Gasteiger charge is 2.33. The van der Waals surface area contributed by atoms with E-state index < -0.39 is 18.8 Å². The summed E-state index contributed by atoms with van der Waals surface area (Å²) in [6, 6.07) is 0.836. The van der Waals surface area contributed by atoms with Gasteiger partial charge in [0.25, 0.3) is 0 Å². The maximum Gasteiger partial charge on any atom is 0.406 e. The standard InChI is InChI=1S/C12H19F3N4O/c1-4-5-6-19(8-12(13,14)15)11(20)16-10-7-9(2)17-18(10)3/h7H,4-6,8H2,1-3H3,(H,16,20). The number of unbranched alkanes of at least 4 members (excludes halogenated alkanes) is 1. The van der Waals surface area contributed by atoms with Gasteiger partial charge in [-0.2, -0.15) is 18.3 Å². The Bertz CT molecular complexity index is 456. The Labute approximate surface area is 115 Å². The number of nitrogens with one attached hydrogen (secondary N) is 1. The lowest BCUT2D eigenvalue weighted by Gasteiger charge is -2.24. The molecule has 0 bridgehead atoms. The molecule has 0 aliphatic rings. The first kappa shape index (κ1) is 16.3. The van der Waals surface area contributed by atoms with Gasteiger partial charge in [0.15, 0.2) is 0 Å². The largest absolute Gasteiger partial charge is 0.406 e. The van der Waals surface area contributed by atoms with Crippen LogP contribution < -0.4 is 5.32 Å². The number of rotatable bonds is 5. The van der Waals surface area contributed by atoms with Gasteiger partial charge in [-0.05, 0) is 13.3 Å². The molecule has 1 aromatic heterocycles. The molecule has 0 saturated heterocycles. The zero-order chi connectivity index (χ0) is 15.3. The normalized spacial score (nSPS) is 11.5. The molecule has 0 aliphatic heterocycles. The highest BCUT2D eigenvalue weighted by Crippen LogP contribution is 2.18. The third-order valence-corrected chi connectivity index (χ3v) is 2.68. The van der Waals surface area contributed by atoms with E-state index in [1.807, 2.05) is 6.92 Å². The van der Waals surface area contributed by atoms with Crippen molar-refractivity contribution < 1.29 is 18.0 Å². The number of carbonyl (C=O) groups is 1. The molecule has 0 spiro atoms. The van der Waals surface area contributed by atoms with Gasteiger partial charge in [0, 0.05) is 19.7 Å². The molecule has 114 valence electrons. The molecule has 20 heavy (non-hydrogen) atoms. The van der Waals surface area contributed by atoms with E-state index in [9.17, 15) is 18.0 Å². The van der Waals surface area contributed by atoms with Crippen molar-refractivity contribution >= 4 is 11.8 Å². The van der Waals surface area contributed by atoms with Gasteiger partial charge in [0.1, 0.15) is 12.4 Å². The Kier molecular flexibility index (Phi) is 5.41. The van der Waals surface area contributed by atoms with Crippen LogP contribution >= 0.6 is 0 Å². The Balaban J connectivity index is 2.74. The molecule has 0 radical (unpaired) electrons. The molecule has 0 saturated carbocycles. The number of urea groups is 1. The third-order valence-electron chi connectivity index (χ3n) is 2.68. The van der Waals surface area contributed by atoms with E-state index in [2.05, 4.69) is 10.4 Å². The van der Waals surface area contributed by atoms with Gasteiger partial charge in [-0.1, -0.05) is 13.3 Å². The highest BCUT2D eigenvalue weighted by molar-refractivity contribution is 5.88. The Morgan fingerprint density at radius 3 is 2.60 bits per heavy atom. The van der Waals surface area contributed by atoms with Gasteiger partial charge in [0.05, 0.1) is 5.69 Å². The second kappa shape index (κ2) is 6.62. The molecule has 0 aromatic carbocycles. The Morgan fingerprint density at radius 2 is 2.15 bits per heavy atom. The minimum absolute atomic E-state index is 0.0681. The maximum absolute atomic E-state index is 12.5. The first-order valence-electron chi connectivity index (χ1n) is 6.36. The molecule has 2 amide bonds. The van der Waals surface area contributed by atoms with Crippen LogP contribution in [0.2, 0.25) is 0 Å². The van der Waals surface area contributed by atoms with Gasteiger partial charge in [0.2, 0.25) is 0 Å². The van der Waals surface area contributed by atoms with Crippen LogP contribution in [-0.4, -0.2) is 40.0 Å². The van der Waals surface area contributed by atoms with E-state index >= 15 is 0 Å². The van der Waals surface area contributed by atoms with Gasteiger partial charge in [-0.15, -0.1) is 0 Å². The molecule has 1 N–H and O–H groups in total.